The van der Waals surface area contributed by atoms with Crippen LogP contribution in [0.25, 0.3) is 0 Å². The van der Waals surface area contributed by atoms with E-state index >= 15 is 0 Å². The SMILES string of the molecule is COCCOCCN1CNC(C)C1=O. The van der Waals surface area contributed by atoms with Gasteiger partial charge in [-0.05, 0) is 6.92 Å². The average molecular weight is 202 g/mol. The Labute approximate surface area is 84.4 Å². The van der Waals surface area contributed by atoms with Gasteiger partial charge in [0.15, 0.2) is 0 Å². The fourth-order valence-corrected chi connectivity index (χ4v) is 1.29. The van der Waals surface area contributed by atoms with Crippen LogP contribution in [0.4, 0.5) is 0 Å². The van der Waals surface area contributed by atoms with Gasteiger partial charge in [-0.15, -0.1) is 0 Å². The van der Waals surface area contributed by atoms with Gasteiger partial charge in [0.05, 0.1) is 32.5 Å². The Morgan fingerprint density at radius 3 is 2.86 bits per heavy atom. The summed E-state index contributed by atoms with van der Waals surface area (Å²) in [6.45, 7) is 4.91. The minimum Gasteiger partial charge on any atom is -0.382 e. The van der Waals surface area contributed by atoms with E-state index < -0.39 is 0 Å². The van der Waals surface area contributed by atoms with Crippen LogP contribution in [-0.2, 0) is 14.3 Å². The van der Waals surface area contributed by atoms with E-state index in [2.05, 4.69) is 5.32 Å². The van der Waals surface area contributed by atoms with Crippen LogP contribution >= 0.6 is 0 Å². The van der Waals surface area contributed by atoms with Crippen molar-refractivity contribution in [2.75, 3.05) is 40.1 Å². The Morgan fingerprint density at radius 2 is 2.29 bits per heavy atom. The third-order valence-electron chi connectivity index (χ3n) is 2.21. The van der Waals surface area contributed by atoms with Crippen molar-refractivity contribution in [1.29, 1.82) is 0 Å². The molecule has 0 radical (unpaired) electrons. The van der Waals surface area contributed by atoms with Gasteiger partial charge in [0, 0.05) is 13.7 Å². The predicted octanol–water partition coefficient (Wildman–Crippen LogP) is -0.573. The van der Waals surface area contributed by atoms with Gasteiger partial charge in [-0.3, -0.25) is 10.1 Å². The lowest BCUT2D eigenvalue weighted by Gasteiger charge is -2.14. The van der Waals surface area contributed by atoms with Crippen molar-refractivity contribution >= 4 is 5.91 Å². The fraction of sp³-hybridized carbons (Fsp3) is 0.889. The number of methoxy groups -OCH3 is 1. The van der Waals surface area contributed by atoms with Crippen LogP contribution in [0.1, 0.15) is 6.92 Å². The van der Waals surface area contributed by atoms with E-state index in [0.29, 0.717) is 33.0 Å². The Hall–Kier alpha value is -0.650. The van der Waals surface area contributed by atoms with Gasteiger partial charge in [0.2, 0.25) is 5.91 Å². The molecule has 1 fully saturated rings. The quantitative estimate of drug-likeness (QED) is 0.586. The van der Waals surface area contributed by atoms with Gasteiger partial charge < -0.3 is 14.4 Å². The highest BCUT2D eigenvalue weighted by Gasteiger charge is 2.26. The molecule has 0 spiro atoms. The number of amides is 1. The molecule has 0 aromatic heterocycles. The van der Waals surface area contributed by atoms with Crippen LogP contribution in [0.5, 0.6) is 0 Å². The first-order valence-corrected chi connectivity index (χ1v) is 4.84. The minimum absolute atomic E-state index is 0.0472. The Kier molecular flexibility index (Phi) is 4.86. The number of hydrogen-bond donors (Lipinski definition) is 1. The third kappa shape index (κ3) is 3.25. The second kappa shape index (κ2) is 5.95. The smallest absolute Gasteiger partial charge is 0.240 e. The normalized spacial score (nSPS) is 22.0. The maximum Gasteiger partial charge on any atom is 0.240 e. The highest BCUT2D eigenvalue weighted by molar-refractivity contribution is 5.83. The maximum atomic E-state index is 11.4. The summed E-state index contributed by atoms with van der Waals surface area (Å²) in [5.74, 6) is 0.153. The minimum atomic E-state index is -0.0472. The molecule has 1 saturated heterocycles. The number of nitrogens with zero attached hydrogens (tertiary/aromatic N) is 1. The highest BCUT2D eigenvalue weighted by Crippen LogP contribution is 2.01. The number of carbonyl (C=O) groups is 1. The van der Waals surface area contributed by atoms with E-state index in [1.54, 1.807) is 12.0 Å². The zero-order valence-electron chi connectivity index (χ0n) is 8.78. The van der Waals surface area contributed by atoms with Crippen LogP contribution in [0.2, 0.25) is 0 Å². The predicted molar refractivity (Wildman–Crippen MR) is 51.9 cm³/mol. The van der Waals surface area contributed by atoms with Crippen molar-refractivity contribution in [3.8, 4) is 0 Å². The second-order valence-corrected chi connectivity index (χ2v) is 3.29. The van der Waals surface area contributed by atoms with Gasteiger partial charge in [0.1, 0.15) is 0 Å². The van der Waals surface area contributed by atoms with E-state index in [9.17, 15) is 4.79 Å². The van der Waals surface area contributed by atoms with E-state index in [4.69, 9.17) is 9.47 Å². The molecule has 1 amide bonds. The van der Waals surface area contributed by atoms with E-state index in [-0.39, 0.29) is 11.9 Å². The third-order valence-corrected chi connectivity index (χ3v) is 2.21. The summed E-state index contributed by atoms with van der Waals surface area (Å²) in [5.41, 5.74) is 0. The molecule has 0 aromatic rings. The second-order valence-electron chi connectivity index (χ2n) is 3.29. The topological polar surface area (TPSA) is 50.8 Å². The first-order valence-electron chi connectivity index (χ1n) is 4.84. The largest absolute Gasteiger partial charge is 0.382 e. The van der Waals surface area contributed by atoms with Crippen molar-refractivity contribution in [2.24, 2.45) is 0 Å². The Balaban J connectivity index is 2.04. The van der Waals surface area contributed by atoms with Gasteiger partial charge in [-0.25, -0.2) is 0 Å². The van der Waals surface area contributed by atoms with Gasteiger partial charge in [0.25, 0.3) is 0 Å². The molecular formula is C9H18N2O3. The molecule has 82 valence electrons. The lowest BCUT2D eigenvalue weighted by atomic mass is 10.3. The molecule has 5 nitrogen and oxygen atoms in total. The molecule has 1 atom stereocenters. The van der Waals surface area contributed by atoms with Crippen LogP contribution in [0.15, 0.2) is 0 Å². The number of hydrogen-bond acceptors (Lipinski definition) is 4. The summed E-state index contributed by atoms with van der Waals surface area (Å²) >= 11 is 0. The maximum absolute atomic E-state index is 11.4. The lowest BCUT2D eigenvalue weighted by molar-refractivity contribution is -0.129. The summed E-state index contributed by atoms with van der Waals surface area (Å²) in [4.78, 5) is 13.2. The average Bonchev–Trinajstić information content (AvgIpc) is 2.49. The Bertz CT molecular complexity index is 187. The zero-order valence-corrected chi connectivity index (χ0v) is 8.78. The monoisotopic (exact) mass is 202 g/mol. The van der Waals surface area contributed by atoms with Crippen LogP contribution < -0.4 is 5.32 Å². The standard InChI is InChI=1S/C9H18N2O3/c1-8-9(12)11(7-10-8)3-4-14-6-5-13-2/h8,10H,3-7H2,1-2H3. The first-order chi connectivity index (χ1) is 6.75. The first kappa shape index (κ1) is 11.4. The molecule has 0 aromatic carbocycles. The summed E-state index contributed by atoms with van der Waals surface area (Å²) in [6.07, 6.45) is 0. The lowest BCUT2D eigenvalue weighted by Crippen LogP contribution is -2.31. The van der Waals surface area contributed by atoms with Gasteiger partial charge in [-0.2, -0.15) is 0 Å². The van der Waals surface area contributed by atoms with Crippen molar-refractivity contribution in [1.82, 2.24) is 10.2 Å². The molecule has 0 aliphatic carbocycles. The summed E-state index contributed by atoms with van der Waals surface area (Å²) in [5, 5.41) is 3.07. The zero-order chi connectivity index (χ0) is 10.4. The molecule has 1 rings (SSSR count). The van der Waals surface area contributed by atoms with Crippen molar-refractivity contribution in [3.63, 3.8) is 0 Å². The molecule has 1 N–H and O–H groups in total. The van der Waals surface area contributed by atoms with Crippen LogP contribution in [0.3, 0.4) is 0 Å². The van der Waals surface area contributed by atoms with Crippen molar-refractivity contribution < 1.29 is 14.3 Å². The number of nitrogens with one attached hydrogen (secondary N) is 1. The van der Waals surface area contributed by atoms with Crippen molar-refractivity contribution in [3.05, 3.63) is 0 Å². The highest BCUT2D eigenvalue weighted by atomic mass is 16.5. The van der Waals surface area contributed by atoms with E-state index in [1.807, 2.05) is 6.92 Å². The van der Waals surface area contributed by atoms with Crippen LogP contribution in [0, 0.1) is 0 Å². The molecule has 1 aliphatic heterocycles. The number of ether oxygens (including phenoxy) is 2. The van der Waals surface area contributed by atoms with Gasteiger partial charge in [-0.1, -0.05) is 0 Å². The Morgan fingerprint density at radius 1 is 1.50 bits per heavy atom. The summed E-state index contributed by atoms with van der Waals surface area (Å²) in [7, 11) is 1.64. The van der Waals surface area contributed by atoms with Crippen molar-refractivity contribution in [2.45, 2.75) is 13.0 Å². The number of rotatable bonds is 6. The molecule has 1 aliphatic rings. The fourth-order valence-electron chi connectivity index (χ4n) is 1.29. The molecule has 1 heterocycles. The summed E-state index contributed by atoms with van der Waals surface area (Å²) < 4.78 is 10.1. The molecule has 14 heavy (non-hydrogen) atoms. The summed E-state index contributed by atoms with van der Waals surface area (Å²) in [6, 6.07) is -0.0472. The molecular weight excluding hydrogens is 184 g/mol. The number of carbonyl (C=O) groups excluding carboxylic acids is 1. The molecule has 1 unspecified atom stereocenters. The molecule has 0 saturated carbocycles. The van der Waals surface area contributed by atoms with Crippen LogP contribution in [-0.4, -0.2) is 57.0 Å². The van der Waals surface area contributed by atoms with Gasteiger partial charge >= 0.3 is 0 Å². The molecule has 0 bridgehead atoms. The van der Waals surface area contributed by atoms with E-state index in [1.165, 1.54) is 0 Å². The van der Waals surface area contributed by atoms with E-state index in [0.717, 1.165) is 0 Å². The molecule has 5 heteroatoms.